The standard InChI is InChI=1S/C9H13ClN4O/c10-8-6(12-5-13-9(8)15)4-14-3-1-2-7(14)11/h5-6,8,11H,1-4H2,(H,12,13,15)/t6-,8+/m0/s1. The van der Waals surface area contributed by atoms with Gasteiger partial charge in [0, 0.05) is 19.5 Å². The van der Waals surface area contributed by atoms with Gasteiger partial charge >= 0.3 is 0 Å². The summed E-state index contributed by atoms with van der Waals surface area (Å²) < 4.78 is 0. The first-order valence-electron chi connectivity index (χ1n) is 4.97. The molecule has 0 radical (unpaired) electrons. The Hall–Kier alpha value is -1.10. The van der Waals surface area contributed by atoms with Crippen molar-refractivity contribution in [3.63, 3.8) is 0 Å². The SMILES string of the molecule is N=C1CCCN1C[C@@H]1N=CNC(=O)[C@@H]1Cl. The van der Waals surface area contributed by atoms with Crippen LogP contribution in [-0.2, 0) is 4.79 Å². The Kier molecular flexibility index (Phi) is 2.90. The van der Waals surface area contributed by atoms with Crippen LogP contribution in [0.25, 0.3) is 0 Å². The normalized spacial score (nSPS) is 30.9. The molecule has 0 aliphatic carbocycles. The topological polar surface area (TPSA) is 68.6 Å². The number of carbonyl (C=O) groups excluding carboxylic acids is 1. The molecule has 0 unspecified atom stereocenters. The Bertz CT molecular complexity index is 317. The number of carbonyl (C=O) groups is 1. The molecule has 6 heteroatoms. The first-order valence-corrected chi connectivity index (χ1v) is 5.40. The first kappa shape index (κ1) is 10.4. The maximum Gasteiger partial charge on any atom is 0.245 e. The van der Waals surface area contributed by atoms with Gasteiger partial charge in [0.25, 0.3) is 0 Å². The maximum atomic E-state index is 11.3. The molecule has 0 aromatic rings. The summed E-state index contributed by atoms with van der Waals surface area (Å²) >= 11 is 5.94. The largest absolute Gasteiger partial charge is 0.358 e. The summed E-state index contributed by atoms with van der Waals surface area (Å²) in [4.78, 5) is 17.3. The number of hydrogen-bond donors (Lipinski definition) is 2. The monoisotopic (exact) mass is 228 g/mol. The van der Waals surface area contributed by atoms with Gasteiger partial charge in [0.2, 0.25) is 5.91 Å². The minimum atomic E-state index is -0.622. The summed E-state index contributed by atoms with van der Waals surface area (Å²) in [5.74, 6) is 0.419. The van der Waals surface area contributed by atoms with Gasteiger partial charge in [-0.25, -0.2) is 0 Å². The minimum absolute atomic E-state index is 0.206. The summed E-state index contributed by atoms with van der Waals surface area (Å²) in [5.41, 5.74) is 0. The van der Waals surface area contributed by atoms with E-state index in [0.717, 1.165) is 19.4 Å². The number of aliphatic imine (C=N–C) groups is 1. The van der Waals surface area contributed by atoms with E-state index in [1.807, 2.05) is 4.90 Å². The first-order chi connectivity index (χ1) is 7.18. The predicted octanol–water partition coefficient (Wildman–Crippen LogP) is 0.194. The van der Waals surface area contributed by atoms with Crippen LogP contribution in [0.5, 0.6) is 0 Å². The van der Waals surface area contributed by atoms with Gasteiger partial charge in [-0.15, -0.1) is 11.6 Å². The van der Waals surface area contributed by atoms with Crippen LogP contribution >= 0.6 is 11.6 Å². The van der Waals surface area contributed by atoms with Gasteiger partial charge in [-0.2, -0.15) is 0 Å². The molecule has 82 valence electrons. The highest BCUT2D eigenvalue weighted by molar-refractivity contribution is 6.32. The van der Waals surface area contributed by atoms with Crippen molar-refractivity contribution in [2.45, 2.75) is 24.3 Å². The van der Waals surface area contributed by atoms with Crippen molar-refractivity contribution in [3.05, 3.63) is 0 Å². The smallest absolute Gasteiger partial charge is 0.245 e. The molecular formula is C9H13ClN4O. The fourth-order valence-electron chi connectivity index (χ4n) is 1.82. The van der Waals surface area contributed by atoms with Crippen LogP contribution in [0, 0.1) is 5.41 Å². The molecule has 1 amide bonds. The third-order valence-corrected chi connectivity index (χ3v) is 3.18. The van der Waals surface area contributed by atoms with E-state index in [0.29, 0.717) is 12.4 Å². The lowest BCUT2D eigenvalue weighted by Gasteiger charge is -2.26. The van der Waals surface area contributed by atoms with E-state index >= 15 is 0 Å². The zero-order chi connectivity index (χ0) is 10.8. The average Bonchev–Trinajstić information content (AvgIpc) is 2.60. The second-order valence-electron chi connectivity index (χ2n) is 3.75. The van der Waals surface area contributed by atoms with Gasteiger partial charge in [0.05, 0.1) is 18.2 Å². The third kappa shape index (κ3) is 2.12. The number of nitrogens with zero attached hydrogens (tertiary/aromatic N) is 2. The molecule has 2 N–H and O–H groups in total. The fraction of sp³-hybridized carbons (Fsp3) is 0.667. The van der Waals surface area contributed by atoms with E-state index < -0.39 is 5.38 Å². The second-order valence-corrected chi connectivity index (χ2v) is 4.22. The zero-order valence-corrected chi connectivity index (χ0v) is 9.00. The van der Waals surface area contributed by atoms with Crippen LogP contribution in [-0.4, -0.2) is 47.5 Å². The van der Waals surface area contributed by atoms with Crippen LogP contribution in [0.4, 0.5) is 0 Å². The predicted molar refractivity (Wildman–Crippen MR) is 58.6 cm³/mol. The highest BCUT2D eigenvalue weighted by Crippen LogP contribution is 2.16. The van der Waals surface area contributed by atoms with Crippen molar-refractivity contribution < 1.29 is 4.79 Å². The molecule has 1 fully saturated rings. The summed E-state index contributed by atoms with van der Waals surface area (Å²) in [7, 11) is 0. The number of rotatable bonds is 2. The number of alkyl halides is 1. The molecule has 0 saturated carbocycles. The van der Waals surface area contributed by atoms with Gasteiger partial charge in [0.1, 0.15) is 5.38 Å². The molecule has 0 bridgehead atoms. The molecule has 0 aromatic heterocycles. The van der Waals surface area contributed by atoms with Gasteiger partial charge in [-0.3, -0.25) is 15.2 Å². The van der Waals surface area contributed by atoms with Crippen LogP contribution in [0.15, 0.2) is 4.99 Å². The molecule has 1 saturated heterocycles. The molecule has 2 aliphatic rings. The quantitative estimate of drug-likeness (QED) is 0.663. The van der Waals surface area contributed by atoms with E-state index in [2.05, 4.69) is 10.3 Å². The number of hydrogen-bond acceptors (Lipinski definition) is 3. The highest BCUT2D eigenvalue weighted by Gasteiger charge is 2.31. The third-order valence-electron chi connectivity index (χ3n) is 2.69. The Morgan fingerprint density at radius 2 is 2.53 bits per heavy atom. The lowest BCUT2D eigenvalue weighted by atomic mass is 10.1. The van der Waals surface area contributed by atoms with Gasteiger partial charge < -0.3 is 10.2 Å². The summed E-state index contributed by atoms with van der Waals surface area (Å²) in [6.45, 7) is 1.44. The molecule has 2 atom stereocenters. The Morgan fingerprint density at radius 1 is 1.73 bits per heavy atom. The molecule has 5 nitrogen and oxygen atoms in total. The van der Waals surface area contributed by atoms with Crippen molar-refractivity contribution >= 4 is 29.7 Å². The number of likely N-dealkylation sites (tertiary alicyclic amines) is 1. The molecule has 2 rings (SSSR count). The van der Waals surface area contributed by atoms with E-state index in [-0.39, 0.29) is 11.9 Å². The lowest BCUT2D eigenvalue weighted by Crippen LogP contribution is -2.47. The van der Waals surface area contributed by atoms with E-state index in [1.54, 1.807) is 0 Å². The molecule has 2 heterocycles. The van der Waals surface area contributed by atoms with Gasteiger partial charge in [-0.1, -0.05) is 0 Å². The summed E-state index contributed by atoms with van der Waals surface area (Å²) in [6.07, 6.45) is 3.22. The van der Waals surface area contributed by atoms with Crippen molar-refractivity contribution in [1.29, 1.82) is 5.41 Å². The van der Waals surface area contributed by atoms with E-state index in [1.165, 1.54) is 6.34 Å². The number of halogens is 1. The number of amides is 1. The van der Waals surface area contributed by atoms with Crippen molar-refractivity contribution in [2.75, 3.05) is 13.1 Å². The highest BCUT2D eigenvalue weighted by atomic mass is 35.5. The van der Waals surface area contributed by atoms with Crippen molar-refractivity contribution in [2.24, 2.45) is 4.99 Å². The Morgan fingerprint density at radius 3 is 3.20 bits per heavy atom. The van der Waals surface area contributed by atoms with E-state index in [9.17, 15) is 4.79 Å². The zero-order valence-electron chi connectivity index (χ0n) is 8.24. The fourth-order valence-corrected chi connectivity index (χ4v) is 2.03. The molecule has 2 aliphatic heterocycles. The summed E-state index contributed by atoms with van der Waals surface area (Å²) in [5, 5.41) is 9.51. The average molecular weight is 229 g/mol. The van der Waals surface area contributed by atoms with Gasteiger partial charge in [0.15, 0.2) is 0 Å². The van der Waals surface area contributed by atoms with E-state index in [4.69, 9.17) is 17.0 Å². The Balaban J connectivity index is 1.99. The summed E-state index contributed by atoms with van der Waals surface area (Å²) in [6, 6.07) is -0.237. The second kappa shape index (κ2) is 4.18. The van der Waals surface area contributed by atoms with Crippen molar-refractivity contribution in [1.82, 2.24) is 10.2 Å². The lowest BCUT2D eigenvalue weighted by molar-refractivity contribution is -0.119. The minimum Gasteiger partial charge on any atom is -0.358 e. The van der Waals surface area contributed by atoms with Crippen LogP contribution < -0.4 is 5.32 Å². The van der Waals surface area contributed by atoms with Crippen LogP contribution in [0.2, 0.25) is 0 Å². The van der Waals surface area contributed by atoms with Crippen molar-refractivity contribution in [3.8, 4) is 0 Å². The number of nitrogens with one attached hydrogen (secondary N) is 2. The molecule has 0 spiro atoms. The molecular weight excluding hydrogens is 216 g/mol. The number of amidine groups is 1. The maximum absolute atomic E-state index is 11.3. The van der Waals surface area contributed by atoms with Crippen LogP contribution in [0.1, 0.15) is 12.8 Å². The van der Waals surface area contributed by atoms with Crippen LogP contribution in [0.3, 0.4) is 0 Å². The molecule has 0 aromatic carbocycles. The Labute approximate surface area is 93.0 Å². The molecule has 15 heavy (non-hydrogen) atoms. The van der Waals surface area contributed by atoms with Gasteiger partial charge in [-0.05, 0) is 6.42 Å².